The van der Waals surface area contributed by atoms with E-state index in [2.05, 4.69) is 41.4 Å². The standard InChI is InChI=1S/C15H26N2O2/c1-13(16-9-4-11-19-12-10-18)14-5-7-15(8-6-14)17(2)3/h5-8,13,16,18H,4,9-12H2,1-3H3. The van der Waals surface area contributed by atoms with Crippen LogP contribution in [0.15, 0.2) is 24.3 Å². The van der Waals surface area contributed by atoms with Crippen LogP contribution < -0.4 is 10.2 Å². The zero-order valence-electron chi connectivity index (χ0n) is 12.2. The minimum absolute atomic E-state index is 0.0993. The summed E-state index contributed by atoms with van der Waals surface area (Å²) in [7, 11) is 4.09. The summed E-state index contributed by atoms with van der Waals surface area (Å²) >= 11 is 0. The molecule has 0 bridgehead atoms. The van der Waals surface area contributed by atoms with E-state index in [9.17, 15) is 0 Å². The Hall–Kier alpha value is -1.10. The van der Waals surface area contributed by atoms with Crippen molar-refractivity contribution in [3.63, 3.8) is 0 Å². The van der Waals surface area contributed by atoms with E-state index < -0.39 is 0 Å². The highest BCUT2D eigenvalue weighted by molar-refractivity contribution is 5.46. The van der Waals surface area contributed by atoms with Crippen LogP contribution in [0.3, 0.4) is 0 Å². The van der Waals surface area contributed by atoms with Crippen molar-refractivity contribution in [2.45, 2.75) is 19.4 Å². The van der Waals surface area contributed by atoms with E-state index in [-0.39, 0.29) is 6.61 Å². The maximum Gasteiger partial charge on any atom is 0.0697 e. The third-order valence-electron chi connectivity index (χ3n) is 3.06. The molecule has 0 saturated carbocycles. The molecule has 1 aromatic carbocycles. The van der Waals surface area contributed by atoms with Crippen LogP contribution in [0.5, 0.6) is 0 Å². The molecular formula is C15H26N2O2. The van der Waals surface area contributed by atoms with E-state index in [4.69, 9.17) is 9.84 Å². The van der Waals surface area contributed by atoms with Crippen molar-refractivity contribution >= 4 is 5.69 Å². The van der Waals surface area contributed by atoms with Crippen LogP contribution in [0, 0.1) is 0 Å². The fraction of sp³-hybridized carbons (Fsp3) is 0.600. The van der Waals surface area contributed by atoms with E-state index in [0.29, 0.717) is 19.3 Å². The fourth-order valence-corrected chi connectivity index (χ4v) is 1.84. The van der Waals surface area contributed by atoms with Crippen molar-refractivity contribution in [3.8, 4) is 0 Å². The second-order valence-electron chi connectivity index (χ2n) is 4.85. The number of rotatable bonds is 9. The lowest BCUT2D eigenvalue weighted by Crippen LogP contribution is -2.21. The van der Waals surface area contributed by atoms with Gasteiger partial charge in [0.05, 0.1) is 13.2 Å². The lowest BCUT2D eigenvalue weighted by molar-refractivity contribution is 0.0904. The van der Waals surface area contributed by atoms with Gasteiger partial charge in [-0.3, -0.25) is 0 Å². The maximum atomic E-state index is 8.58. The Morgan fingerprint density at radius 2 is 1.89 bits per heavy atom. The van der Waals surface area contributed by atoms with Gasteiger partial charge in [0, 0.05) is 32.4 Å². The molecule has 0 aromatic heterocycles. The number of benzene rings is 1. The predicted octanol–water partition coefficient (Wildman–Crippen LogP) is 1.80. The summed E-state index contributed by atoms with van der Waals surface area (Å²) in [5.74, 6) is 0. The molecule has 0 saturated heterocycles. The Kier molecular flexibility index (Phi) is 7.48. The first-order valence-corrected chi connectivity index (χ1v) is 6.84. The van der Waals surface area contributed by atoms with Gasteiger partial charge in [0.2, 0.25) is 0 Å². The normalized spacial score (nSPS) is 12.4. The van der Waals surface area contributed by atoms with Gasteiger partial charge in [-0.15, -0.1) is 0 Å². The van der Waals surface area contributed by atoms with Gasteiger partial charge in [-0.25, -0.2) is 0 Å². The highest BCUT2D eigenvalue weighted by atomic mass is 16.5. The molecule has 108 valence electrons. The summed E-state index contributed by atoms with van der Waals surface area (Å²) in [5, 5.41) is 12.0. The number of hydrogen-bond donors (Lipinski definition) is 2. The molecule has 4 nitrogen and oxygen atoms in total. The molecular weight excluding hydrogens is 240 g/mol. The summed E-state index contributed by atoms with van der Waals surface area (Å²) in [6.07, 6.45) is 0.958. The van der Waals surface area contributed by atoms with Crippen LogP contribution in [0.25, 0.3) is 0 Å². The summed E-state index contributed by atoms with van der Waals surface area (Å²) < 4.78 is 5.22. The molecule has 0 amide bonds. The number of nitrogens with zero attached hydrogens (tertiary/aromatic N) is 1. The van der Waals surface area contributed by atoms with Crippen molar-refractivity contribution in [1.82, 2.24) is 5.32 Å². The van der Waals surface area contributed by atoms with Gasteiger partial charge in [-0.1, -0.05) is 12.1 Å². The third-order valence-corrected chi connectivity index (χ3v) is 3.06. The SMILES string of the molecule is CC(NCCCOCCO)c1ccc(N(C)C)cc1. The molecule has 1 rings (SSSR count). The number of aliphatic hydroxyl groups excluding tert-OH is 1. The Morgan fingerprint density at radius 3 is 2.47 bits per heavy atom. The van der Waals surface area contributed by atoms with Gasteiger partial charge in [-0.05, 0) is 37.6 Å². The Balaban J connectivity index is 2.27. The maximum absolute atomic E-state index is 8.58. The minimum atomic E-state index is 0.0993. The molecule has 0 spiro atoms. The average Bonchev–Trinajstić information content (AvgIpc) is 2.42. The van der Waals surface area contributed by atoms with Crippen molar-refractivity contribution in [1.29, 1.82) is 0 Å². The molecule has 0 heterocycles. The lowest BCUT2D eigenvalue weighted by atomic mass is 10.1. The minimum Gasteiger partial charge on any atom is -0.394 e. The summed E-state index contributed by atoms with van der Waals surface area (Å²) in [5.41, 5.74) is 2.51. The monoisotopic (exact) mass is 266 g/mol. The van der Waals surface area contributed by atoms with Crippen molar-refractivity contribution in [3.05, 3.63) is 29.8 Å². The number of anilines is 1. The van der Waals surface area contributed by atoms with Gasteiger partial charge in [-0.2, -0.15) is 0 Å². The second-order valence-corrected chi connectivity index (χ2v) is 4.85. The number of aliphatic hydroxyl groups is 1. The van der Waals surface area contributed by atoms with E-state index in [1.54, 1.807) is 0 Å². The molecule has 0 aliphatic heterocycles. The number of hydrogen-bond acceptors (Lipinski definition) is 4. The molecule has 19 heavy (non-hydrogen) atoms. The smallest absolute Gasteiger partial charge is 0.0697 e. The summed E-state index contributed by atoms with van der Waals surface area (Å²) in [6, 6.07) is 8.94. The molecule has 1 atom stereocenters. The molecule has 0 aliphatic carbocycles. The first-order valence-electron chi connectivity index (χ1n) is 6.84. The van der Waals surface area contributed by atoms with Crippen molar-refractivity contribution in [2.24, 2.45) is 0 Å². The molecule has 0 aliphatic rings. The lowest BCUT2D eigenvalue weighted by Gasteiger charge is -2.17. The molecule has 0 radical (unpaired) electrons. The first kappa shape index (κ1) is 16.0. The molecule has 4 heteroatoms. The van der Waals surface area contributed by atoms with Crippen molar-refractivity contribution in [2.75, 3.05) is 45.4 Å². The van der Waals surface area contributed by atoms with Crippen LogP contribution >= 0.6 is 0 Å². The highest BCUT2D eigenvalue weighted by Gasteiger charge is 2.04. The van der Waals surface area contributed by atoms with Crippen LogP contribution in [0.1, 0.15) is 24.9 Å². The summed E-state index contributed by atoms with van der Waals surface area (Å²) in [4.78, 5) is 2.10. The van der Waals surface area contributed by atoms with Crippen LogP contribution in [0.2, 0.25) is 0 Å². The van der Waals surface area contributed by atoms with Gasteiger partial charge in [0.1, 0.15) is 0 Å². The van der Waals surface area contributed by atoms with Gasteiger partial charge in [0.25, 0.3) is 0 Å². The molecule has 1 unspecified atom stereocenters. The zero-order valence-corrected chi connectivity index (χ0v) is 12.2. The molecule has 1 aromatic rings. The van der Waals surface area contributed by atoms with Gasteiger partial charge in [0.15, 0.2) is 0 Å². The Bertz CT molecular complexity index is 339. The second kappa shape index (κ2) is 8.91. The first-order chi connectivity index (χ1) is 9.15. The summed E-state index contributed by atoms with van der Waals surface area (Å²) in [6.45, 7) is 4.31. The van der Waals surface area contributed by atoms with E-state index in [1.807, 2.05) is 14.1 Å². The Morgan fingerprint density at radius 1 is 1.21 bits per heavy atom. The Labute approximate surface area is 116 Å². The van der Waals surface area contributed by atoms with Crippen LogP contribution in [0.4, 0.5) is 5.69 Å². The highest BCUT2D eigenvalue weighted by Crippen LogP contribution is 2.17. The van der Waals surface area contributed by atoms with Gasteiger partial charge < -0.3 is 20.1 Å². The molecule has 0 fully saturated rings. The fourth-order valence-electron chi connectivity index (χ4n) is 1.84. The zero-order chi connectivity index (χ0) is 14.1. The number of ether oxygens (including phenoxy) is 1. The van der Waals surface area contributed by atoms with Crippen LogP contribution in [-0.2, 0) is 4.74 Å². The number of nitrogens with one attached hydrogen (secondary N) is 1. The largest absolute Gasteiger partial charge is 0.394 e. The topological polar surface area (TPSA) is 44.7 Å². The van der Waals surface area contributed by atoms with E-state index in [0.717, 1.165) is 13.0 Å². The quantitative estimate of drug-likeness (QED) is 0.669. The average molecular weight is 266 g/mol. The van der Waals surface area contributed by atoms with E-state index >= 15 is 0 Å². The van der Waals surface area contributed by atoms with Crippen molar-refractivity contribution < 1.29 is 9.84 Å². The third kappa shape index (κ3) is 6.05. The van der Waals surface area contributed by atoms with Gasteiger partial charge >= 0.3 is 0 Å². The molecule has 2 N–H and O–H groups in total. The predicted molar refractivity (Wildman–Crippen MR) is 79.7 cm³/mol. The van der Waals surface area contributed by atoms with Crippen LogP contribution in [-0.4, -0.2) is 45.6 Å². The van der Waals surface area contributed by atoms with E-state index in [1.165, 1.54) is 11.3 Å².